The van der Waals surface area contributed by atoms with Crippen LogP contribution in [0.3, 0.4) is 0 Å². The van der Waals surface area contributed by atoms with E-state index in [-0.39, 0.29) is 5.69 Å². The highest BCUT2D eigenvalue weighted by Gasteiger charge is 2.33. The molecule has 0 bridgehead atoms. The second kappa shape index (κ2) is 5.43. The molecule has 0 atom stereocenters. The van der Waals surface area contributed by atoms with Gasteiger partial charge in [-0.25, -0.2) is 4.98 Å². The highest BCUT2D eigenvalue weighted by molar-refractivity contribution is 5.91. The number of ketones is 1. The Balaban J connectivity index is 0.000000921. The van der Waals surface area contributed by atoms with Crippen LogP contribution in [-0.2, 0) is 6.18 Å². The second-order valence-corrected chi connectivity index (χ2v) is 2.34. The van der Waals surface area contributed by atoms with E-state index in [9.17, 15) is 18.0 Å². The lowest BCUT2D eigenvalue weighted by molar-refractivity contribution is -0.141. The van der Waals surface area contributed by atoms with E-state index in [0.29, 0.717) is 6.20 Å². The number of alkyl halides is 3. The van der Waals surface area contributed by atoms with Gasteiger partial charge < -0.3 is 0 Å². The van der Waals surface area contributed by atoms with Gasteiger partial charge in [-0.3, -0.25) is 9.78 Å². The predicted molar refractivity (Wildman–Crippen MR) is 48.4 cm³/mol. The van der Waals surface area contributed by atoms with E-state index in [1.165, 1.54) is 0 Å². The molecule has 15 heavy (non-hydrogen) atoms. The Morgan fingerprint density at radius 2 is 1.80 bits per heavy atom. The minimum absolute atomic E-state index is 0.283. The van der Waals surface area contributed by atoms with Gasteiger partial charge >= 0.3 is 6.18 Å². The molecule has 0 spiro atoms. The van der Waals surface area contributed by atoms with Crippen LogP contribution >= 0.6 is 0 Å². The summed E-state index contributed by atoms with van der Waals surface area (Å²) in [6.45, 7) is 5.13. The highest BCUT2D eigenvalue weighted by Crippen LogP contribution is 2.26. The molecule has 0 saturated carbocycles. The van der Waals surface area contributed by atoms with Crippen LogP contribution in [-0.4, -0.2) is 15.8 Å². The first-order valence-corrected chi connectivity index (χ1v) is 4.31. The monoisotopic (exact) mass is 220 g/mol. The van der Waals surface area contributed by atoms with Crippen LogP contribution in [0, 0.1) is 0 Å². The summed E-state index contributed by atoms with van der Waals surface area (Å²) in [4.78, 5) is 17.0. The van der Waals surface area contributed by atoms with Crippen molar-refractivity contribution in [1.29, 1.82) is 0 Å². The summed E-state index contributed by atoms with van der Waals surface area (Å²) >= 11 is 0. The molecule has 0 fully saturated rings. The minimum atomic E-state index is -4.56. The zero-order chi connectivity index (χ0) is 12.1. The Morgan fingerprint density at radius 1 is 1.27 bits per heavy atom. The summed E-state index contributed by atoms with van der Waals surface area (Å²) in [7, 11) is 0. The van der Waals surface area contributed by atoms with E-state index < -0.39 is 17.7 Å². The average molecular weight is 220 g/mol. The molecule has 3 nitrogen and oxygen atoms in total. The lowest BCUT2D eigenvalue weighted by Crippen LogP contribution is -2.11. The number of nitrogens with zero attached hydrogens (tertiary/aromatic N) is 2. The molecular weight excluding hydrogens is 209 g/mol. The maximum absolute atomic E-state index is 12.0. The first kappa shape index (κ1) is 13.5. The van der Waals surface area contributed by atoms with Crippen molar-refractivity contribution in [1.82, 2.24) is 9.97 Å². The van der Waals surface area contributed by atoms with Gasteiger partial charge in [0.05, 0.1) is 12.4 Å². The number of Topliss-reactive ketones (excluding diaryl/α,β-unsaturated/α-hetero) is 1. The van der Waals surface area contributed by atoms with E-state index in [1.54, 1.807) is 0 Å². The Hall–Kier alpha value is -1.46. The smallest absolute Gasteiger partial charge is 0.293 e. The summed E-state index contributed by atoms with van der Waals surface area (Å²) in [5.41, 5.74) is -1.44. The van der Waals surface area contributed by atoms with Crippen LogP contribution in [0.2, 0.25) is 0 Å². The molecular formula is C9H11F3N2O. The fraction of sp³-hybridized carbons (Fsp3) is 0.444. The van der Waals surface area contributed by atoms with Gasteiger partial charge in [-0.05, 0) is 0 Å². The topological polar surface area (TPSA) is 42.9 Å². The van der Waals surface area contributed by atoms with Gasteiger partial charge in [-0.15, -0.1) is 0 Å². The van der Waals surface area contributed by atoms with Crippen LogP contribution in [0.1, 0.15) is 37.0 Å². The summed E-state index contributed by atoms with van der Waals surface area (Å²) in [6.07, 6.45) is -2.98. The Bertz CT molecular complexity index is 336. The van der Waals surface area contributed by atoms with E-state index in [4.69, 9.17) is 0 Å². The van der Waals surface area contributed by atoms with Crippen molar-refractivity contribution in [3.8, 4) is 0 Å². The van der Waals surface area contributed by atoms with E-state index in [1.807, 2.05) is 13.8 Å². The lowest BCUT2D eigenvalue weighted by Gasteiger charge is -2.04. The Kier molecular flexibility index (Phi) is 4.90. The van der Waals surface area contributed by atoms with Crippen molar-refractivity contribution in [2.45, 2.75) is 26.9 Å². The van der Waals surface area contributed by atoms with Gasteiger partial charge in [-0.1, -0.05) is 13.8 Å². The molecule has 6 heteroatoms. The van der Waals surface area contributed by atoms with Crippen LogP contribution in [0.25, 0.3) is 0 Å². The van der Waals surface area contributed by atoms with Gasteiger partial charge in [0, 0.05) is 6.92 Å². The lowest BCUT2D eigenvalue weighted by atomic mass is 10.3. The molecule has 0 amide bonds. The largest absolute Gasteiger partial charge is 0.434 e. The van der Waals surface area contributed by atoms with Crippen LogP contribution < -0.4 is 0 Å². The normalized spacial score (nSPS) is 10.3. The first-order valence-electron chi connectivity index (χ1n) is 4.31. The highest BCUT2D eigenvalue weighted by atomic mass is 19.4. The van der Waals surface area contributed by atoms with E-state index in [0.717, 1.165) is 13.1 Å². The van der Waals surface area contributed by atoms with Gasteiger partial charge in [0.1, 0.15) is 5.69 Å². The van der Waals surface area contributed by atoms with Gasteiger partial charge in [0.25, 0.3) is 0 Å². The van der Waals surface area contributed by atoms with Gasteiger partial charge in [0.15, 0.2) is 11.5 Å². The zero-order valence-corrected chi connectivity index (χ0v) is 8.59. The third kappa shape index (κ3) is 4.05. The number of hydrogen-bond acceptors (Lipinski definition) is 3. The van der Waals surface area contributed by atoms with Crippen LogP contribution in [0.15, 0.2) is 12.4 Å². The molecule has 0 radical (unpaired) electrons. The number of aromatic nitrogens is 2. The number of halogens is 3. The molecule has 0 aromatic carbocycles. The fourth-order valence-electron chi connectivity index (χ4n) is 0.672. The first-order chi connectivity index (χ1) is 6.91. The second-order valence-electron chi connectivity index (χ2n) is 2.34. The van der Waals surface area contributed by atoms with Crippen molar-refractivity contribution in [2.24, 2.45) is 0 Å². The Morgan fingerprint density at radius 3 is 2.20 bits per heavy atom. The van der Waals surface area contributed by atoms with Gasteiger partial charge in [0.2, 0.25) is 0 Å². The average Bonchev–Trinajstić information content (AvgIpc) is 2.20. The van der Waals surface area contributed by atoms with Gasteiger partial charge in [-0.2, -0.15) is 13.2 Å². The van der Waals surface area contributed by atoms with E-state index >= 15 is 0 Å². The van der Waals surface area contributed by atoms with Crippen molar-refractivity contribution in [2.75, 3.05) is 0 Å². The fourth-order valence-corrected chi connectivity index (χ4v) is 0.672. The molecule has 84 valence electrons. The maximum atomic E-state index is 12.0. The third-order valence-electron chi connectivity index (χ3n) is 1.29. The molecule has 0 aliphatic heterocycles. The number of hydrogen-bond donors (Lipinski definition) is 0. The third-order valence-corrected chi connectivity index (χ3v) is 1.29. The molecule has 1 heterocycles. The molecule has 0 aliphatic carbocycles. The van der Waals surface area contributed by atoms with Crippen molar-refractivity contribution < 1.29 is 18.0 Å². The molecule has 0 unspecified atom stereocenters. The van der Waals surface area contributed by atoms with Crippen LogP contribution in [0.5, 0.6) is 0 Å². The summed E-state index contributed by atoms with van der Waals surface area (Å²) in [5, 5.41) is 0. The minimum Gasteiger partial charge on any atom is -0.293 e. The number of rotatable bonds is 1. The zero-order valence-electron chi connectivity index (χ0n) is 8.59. The molecule has 0 N–H and O–H groups in total. The maximum Gasteiger partial charge on any atom is 0.434 e. The standard InChI is InChI=1S/C7H5F3N2O.C2H6/c1-4(13)5-2-11-3-6(12-5)7(8,9)10;1-2/h2-3H,1H3;1-2H3. The molecule has 0 aliphatic rings. The summed E-state index contributed by atoms with van der Waals surface area (Å²) < 4.78 is 36.1. The van der Waals surface area contributed by atoms with Crippen molar-refractivity contribution >= 4 is 5.78 Å². The number of carbonyl (C=O) groups excluding carboxylic acids is 1. The Labute approximate surface area is 85.4 Å². The van der Waals surface area contributed by atoms with Crippen molar-refractivity contribution in [3.63, 3.8) is 0 Å². The molecule has 1 aromatic heterocycles. The molecule has 0 saturated heterocycles. The van der Waals surface area contributed by atoms with Crippen LogP contribution in [0.4, 0.5) is 13.2 Å². The molecule has 1 aromatic rings. The summed E-state index contributed by atoms with van der Waals surface area (Å²) in [6, 6.07) is 0. The SMILES string of the molecule is CC.CC(=O)c1cncc(C(F)(F)F)n1. The molecule has 1 rings (SSSR count). The van der Waals surface area contributed by atoms with E-state index in [2.05, 4.69) is 9.97 Å². The predicted octanol–water partition coefficient (Wildman–Crippen LogP) is 2.72. The summed E-state index contributed by atoms with van der Waals surface area (Å²) in [5.74, 6) is -0.543. The van der Waals surface area contributed by atoms with Crippen molar-refractivity contribution in [3.05, 3.63) is 23.8 Å². The quantitative estimate of drug-likeness (QED) is 0.683. The number of carbonyl (C=O) groups is 1.